The number of aromatic nitrogens is 1. The molecule has 1 aromatic heterocycles. The Labute approximate surface area is 146 Å². The lowest BCUT2D eigenvalue weighted by atomic mass is 10.1. The van der Waals surface area contributed by atoms with Crippen molar-refractivity contribution >= 4 is 28.6 Å². The van der Waals surface area contributed by atoms with Crippen LogP contribution in [0.4, 0.5) is 0 Å². The highest BCUT2D eigenvalue weighted by molar-refractivity contribution is 8.00. The van der Waals surface area contributed by atoms with Gasteiger partial charge in [0.1, 0.15) is 0 Å². The molecule has 0 fully saturated rings. The Bertz CT molecular complexity index is 836. The fourth-order valence-electron chi connectivity index (χ4n) is 2.69. The average molecular weight is 339 g/mol. The Balaban J connectivity index is 1.85. The van der Waals surface area contributed by atoms with Crippen LogP contribution in [0.5, 0.6) is 0 Å². The van der Waals surface area contributed by atoms with Crippen molar-refractivity contribution in [2.24, 2.45) is 0 Å². The van der Waals surface area contributed by atoms with E-state index >= 15 is 0 Å². The van der Waals surface area contributed by atoms with Crippen LogP contribution < -0.4 is 0 Å². The molecule has 0 bridgehead atoms. The number of benzene rings is 2. The summed E-state index contributed by atoms with van der Waals surface area (Å²) < 4.78 is 7.27. The molecule has 3 aromatic rings. The van der Waals surface area contributed by atoms with Gasteiger partial charge in [0.15, 0.2) is 0 Å². The van der Waals surface area contributed by atoms with Gasteiger partial charge in [-0.05, 0) is 25.5 Å². The van der Waals surface area contributed by atoms with E-state index in [1.807, 2.05) is 19.1 Å². The second-order valence-corrected chi connectivity index (χ2v) is 6.73. The van der Waals surface area contributed by atoms with E-state index in [0.29, 0.717) is 12.4 Å². The summed E-state index contributed by atoms with van der Waals surface area (Å²) in [7, 11) is 0. The summed E-state index contributed by atoms with van der Waals surface area (Å²) in [6.45, 7) is 5.17. The second-order valence-electron chi connectivity index (χ2n) is 5.72. The molecular formula is C20H21NO2S. The van der Waals surface area contributed by atoms with Crippen LogP contribution in [0.2, 0.25) is 0 Å². The number of carbonyl (C=O) groups excluding carboxylic acids is 1. The van der Waals surface area contributed by atoms with Crippen LogP contribution in [0.3, 0.4) is 0 Å². The van der Waals surface area contributed by atoms with E-state index < -0.39 is 0 Å². The summed E-state index contributed by atoms with van der Waals surface area (Å²) in [5.74, 6) is 0.171. The van der Waals surface area contributed by atoms with Gasteiger partial charge in [-0.25, -0.2) is 0 Å². The van der Waals surface area contributed by atoms with Crippen molar-refractivity contribution in [3.8, 4) is 0 Å². The fourth-order valence-corrected chi connectivity index (χ4v) is 3.58. The standard InChI is InChI=1S/C20H21NO2S/c1-3-23-20(22)14-24-19-13-21(18-7-5-4-6-17(18)19)12-16-10-8-15(2)9-11-16/h4-11,13H,3,12,14H2,1-2H3. The summed E-state index contributed by atoms with van der Waals surface area (Å²) >= 11 is 1.54. The molecule has 24 heavy (non-hydrogen) atoms. The summed E-state index contributed by atoms with van der Waals surface area (Å²) in [5.41, 5.74) is 3.72. The van der Waals surface area contributed by atoms with Crippen molar-refractivity contribution in [3.63, 3.8) is 0 Å². The number of hydrogen-bond donors (Lipinski definition) is 0. The molecule has 0 aliphatic heterocycles. The summed E-state index contributed by atoms with van der Waals surface area (Å²) in [6, 6.07) is 16.9. The van der Waals surface area contributed by atoms with E-state index in [1.54, 1.807) is 0 Å². The number of rotatable bonds is 6. The molecule has 0 spiro atoms. The first-order valence-electron chi connectivity index (χ1n) is 8.09. The van der Waals surface area contributed by atoms with Crippen molar-refractivity contribution in [1.29, 1.82) is 0 Å². The molecule has 0 unspecified atom stereocenters. The van der Waals surface area contributed by atoms with Crippen LogP contribution in [0, 0.1) is 6.92 Å². The number of nitrogens with zero attached hydrogens (tertiary/aromatic N) is 1. The lowest BCUT2D eigenvalue weighted by molar-refractivity contribution is -0.139. The Morgan fingerprint density at radius 2 is 1.88 bits per heavy atom. The molecule has 0 N–H and O–H groups in total. The minimum absolute atomic E-state index is 0.169. The zero-order chi connectivity index (χ0) is 16.9. The zero-order valence-electron chi connectivity index (χ0n) is 14.0. The van der Waals surface area contributed by atoms with Crippen molar-refractivity contribution < 1.29 is 9.53 Å². The van der Waals surface area contributed by atoms with E-state index in [0.717, 1.165) is 11.4 Å². The molecule has 0 atom stereocenters. The predicted octanol–water partition coefficient (Wildman–Crippen LogP) is 4.65. The van der Waals surface area contributed by atoms with Crippen molar-refractivity contribution in [1.82, 2.24) is 4.57 Å². The van der Waals surface area contributed by atoms with Gasteiger partial charge in [-0.2, -0.15) is 0 Å². The Kier molecular flexibility index (Phi) is 5.26. The number of hydrogen-bond acceptors (Lipinski definition) is 3. The van der Waals surface area contributed by atoms with Crippen LogP contribution in [0.15, 0.2) is 59.6 Å². The van der Waals surface area contributed by atoms with E-state index in [-0.39, 0.29) is 5.97 Å². The third-order valence-electron chi connectivity index (χ3n) is 3.88. The molecule has 0 amide bonds. The lowest BCUT2D eigenvalue weighted by Gasteiger charge is -2.06. The van der Waals surface area contributed by atoms with E-state index in [1.165, 1.54) is 33.8 Å². The lowest BCUT2D eigenvalue weighted by Crippen LogP contribution is -2.06. The number of para-hydroxylation sites is 1. The topological polar surface area (TPSA) is 31.2 Å². The molecule has 3 rings (SSSR count). The Hall–Kier alpha value is -2.20. The third-order valence-corrected chi connectivity index (χ3v) is 4.89. The maximum Gasteiger partial charge on any atom is 0.316 e. The van der Waals surface area contributed by atoms with Gasteiger partial charge in [-0.3, -0.25) is 4.79 Å². The van der Waals surface area contributed by atoms with Crippen LogP contribution in [-0.4, -0.2) is 22.9 Å². The molecular weight excluding hydrogens is 318 g/mol. The van der Waals surface area contributed by atoms with Gasteiger partial charge in [-0.1, -0.05) is 48.0 Å². The normalized spacial score (nSPS) is 10.9. The first kappa shape index (κ1) is 16.7. The molecule has 1 heterocycles. The molecule has 124 valence electrons. The Morgan fingerprint density at radius 3 is 2.62 bits per heavy atom. The minimum Gasteiger partial charge on any atom is -0.465 e. The number of fused-ring (bicyclic) bond motifs is 1. The van der Waals surface area contributed by atoms with Crippen LogP contribution in [0.25, 0.3) is 10.9 Å². The van der Waals surface area contributed by atoms with Crippen molar-refractivity contribution in [2.75, 3.05) is 12.4 Å². The summed E-state index contributed by atoms with van der Waals surface area (Å²) in [5, 5.41) is 1.18. The van der Waals surface area contributed by atoms with E-state index in [2.05, 4.69) is 54.1 Å². The molecule has 0 aliphatic carbocycles. The van der Waals surface area contributed by atoms with Crippen LogP contribution in [-0.2, 0) is 16.1 Å². The number of aryl methyl sites for hydroxylation is 1. The van der Waals surface area contributed by atoms with Crippen molar-refractivity contribution in [3.05, 3.63) is 65.9 Å². The highest BCUT2D eigenvalue weighted by atomic mass is 32.2. The average Bonchev–Trinajstić information content (AvgIpc) is 2.93. The van der Waals surface area contributed by atoms with E-state index in [4.69, 9.17) is 4.74 Å². The minimum atomic E-state index is -0.169. The molecule has 0 aliphatic rings. The molecule has 3 nitrogen and oxygen atoms in total. The third kappa shape index (κ3) is 3.82. The first-order valence-corrected chi connectivity index (χ1v) is 9.07. The van der Waals surface area contributed by atoms with E-state index in [9.17, 15) is 4.79 Å². The Morgan fingerprint density at radius 1 is 1.12 bits per heavy atom. The molecule has 0 radical (unpaired) electrons. The quantitative estimate of drug-likeness (QED) is 0.484. The van der Waals surface area contributed by atoms with Crippen molar-refractivity contribution in [2.45, 2.75) is 25.3 Å². The predicted molar refractivity (Wildman–Crippen MR) is 99.6 cm³/mol. The molecule has 2 aromatic carbocycles. The largest absolute Gasteiger partial charge is 0.465 e. The van der Waals surface area contributed by atoms with Gasteiger partial charge in [0.05, 0.1) is 12.4 Å². The maximum atomic E-state index is 11.6. The second kappa shape index (κ2) is 7.58. The highest BCUT2D eigenvalue weighted by Gasteiger charge is 2.11. The molecule has 0 saturated carbocycles. The number of esters is 1. The molecule has 4 heteroatoms. The smallest absolute Gasteiger partial charge is 0.316 e. The highest BCUT2D eigenvalue weighted by Crippen LogP contribution is 2.30. The van der Waals surface area contributed by atoms with Gasteiger partial charge in [0, 0.05) is 28.5 Å². The maximum absolute atomic E-state index is 11.6. The number of thioether (sulfide) groups is 1. The van der Waals surface area contributed by atoms with Crippen LogP contribution in [0.1, 0.15) is 18.1 Å². The summed E-state index contributed by atoms with van der Waals surface area (Å²) in [6.07, 6.45) is 2.13. The van der Waals surface area contributed by atoms with Gasteiger partial charge in [-0.15, -0.1) is 11.8 Å². The van der Waals surface area contributed by atoms with Gasteiger partial charge in [0.25, 0.3) is 0 Å². The SMILES string of the molecule is CCOC(=O)CSc1cn(Cc2ccc(C)cc2)c2ccccc12. The summed E-state index contributed by atoms with van der Waals surface area (Å²) in [4.78, 5) is 12.7. The monoisotopic (exact) mass is 339 g/mol. The van der Waals surface area contributed by atoms with Gasteiger partial charge in [0.2, 0.25) is 0 Å². The fraction of sp³-hybridized carbons (Fsp3) is 0.250. The van der Waals surface area contributed by atoms with Crippen LogP contribution >= 0.6 is 11.8 Å². The van der Waals surface area contributed by atoms with Gasteiger partial charge < -0.3 is 9.30 Å². The first-order chi connectivity index (χ1) is 11.7. The zero-order valence-corrected chi connectivity index (χ0v) is 14.8. The van der Waals surface area contributed by atoms with Gasteiger partial charge >= 0.3 is 5.97 Å². The number of carbonyl (C=O) groups is 1. The molecule has 0 saturated heterocycles. The number of ether oxygens (including phenoxy) is 1.